The minimum absolute atomic E-state index is 0.230. The van der Waals surface area contributed by atoms with Gasteiger partial charge in [0.25, 0.3) is 11.5 Å². The Bertz CT molecular complexity index is 683. The lowest BCUT2D eigenvalue weighted by Gasteiger charge is -2.21. The molecule has 0 radical (unpaired) electrons. The van der Waals surface area contributed by atoms with Gasteiger partial charge in [0, 0.05) is 39.4 Å². The van der Waals surface area contributed by atoms with E-state index in [1.165, 1.54) is 37.0 Å². The maximum Gasteiger partial charge on any atom is 0.330 e. The third-order valence-electron chi connectivity index (χ3n) is 3.32. The lowest BCUT2D eigenvalue weighted by molar-refractivity contribution is -0.198. The fourth-order valence-electron chi connectivity index (χ4n) is 2.08. The van der Waals surface area contributed by atoms with Crippen LogP contribution in [-0.2, 0) is 28.5 Å². The zero-order chi connectivity index (χ0) is 16.1. The van der Waals surface area contributed by atoms with Crippen molar-refractivity contribution in [2.24, 2.45) is 14.1 Å². The SMILES string of the molecule is Cn1cc(/C=C/C(=O)NOC2CCCCO2)c(=O)n(C)c1=O. The normalized spacial score (nSPS) is 18.5. The lowest BCUT2D eigenvalue weighted by atomic mass is 10.2. The van der Waals surface area contributed by atoms with Crippen LogP contribution in [-0.4, -0.2) is 27.9 Å². The quantitative estimate of drug-likeness (QED) is 0.607. The number of hydrogen-bond donors (Lipinski definition) is 1. The molecule has 1 fully saturated rings. The van der Waals surface area contributed by atoms with E-state index in [2.05, 4.69) is 5.48 Å². The summed E-state index contributed by atoms with van der Waals surface area (Å²) in [5, 5.41) is 0. The molecule has 8 heteroatoms. The van der Waals surface area contributed by atoms with Crippen molar-refractivity contribution in [3.05, 3.63) is 38.7 Å². The molecular formula is C14H19N3O5. The van der Waals surface area contributed by atoms with Gasteiger partial charge in [0.1, 0.15) is 0 Å². The Kier molecular flexibility index (Phi) is 5.29. The van der Waals surface area contributed by atoms with Crippen molar-refractivity contribution in [1.29, 1.82) is 0 Å². The molecule has 0 spiro atoms. The Hall–Kier alpha value is -2.19. The van der Waals surface area contributed by atoms with Crippen LogP contribution in [0.4, 0.5) is 0 Å². The van der Waals surface area contributed by atoms with Gasteiger partial charge in [-0.25, -0.2) is 15.1 Å². The molecule has 8 nitrogen and oxygen atoms in total. The number of aromatic nitrogens is 2. The van der Waals surface area contributed by atoms with Gasteiger partial charge in [-0.3, -0.25) is 14.2 Å². The van der Waals surface area contributed by atoms with E-state index in [-0.39, 0.29) is 5.56 Å². The van der Waals surface area contributed by atoms with Crippen LogP contribution in [0.1, 0.15) is 24.8 Å². The van der Waals surface area contributed by atoms with Gasteiger partial charge in [-0.2, -0.15) is 0 Å². The number of ether oxygens (including phenoxy) is 1. The monoisotopic (exact) mass is 309 g/mol. The average Bonchev–Trinajstić information content (AvgIpc) is 2.54. The molecule has 1 saturated heterocycles. The summed E-state index contributed by atoms with van der Waals surface area (Å²) < 4.78 is 7.55. The average molecular weight is 309 g/mol. The van der Waals surface area contributed by atoms with Crippen molar-refractivity contribution in [2.45, 2.75) is 25.6 Å². The number of hydrogen-bond acceptors (Lipinski definition) is 5. The zero-order valence-corrected chi connectivity index (χ0v) is 12.6. The van der Waals surface area contributed by atoms with Crippen LogP contribution >= 0.6 is 0 Å². The topological polar surface area (TPSA) is 91.6 Å². The molecule has 1 aliphatic rings. The predicted molar refractivity (Wildman–Crippen MR) is 78.8 cm³/mol. The molecule has 22 heavy (non-hydrogen) atoms. The highest BCUT2D eigenvalue weighted by Gasteiger charge is 2.15. The standard InChI is InChI=1S/C14H19N3O5/c1-16-9-10(13(19)17(2)14(16)20)6-7-11(18)15-22-12-5-3-4-8-21-12/h6-7,9,12H,3-5,8H2,1-2H3,(H,15,18)/b7-6+. The number of rotatable bonds is 4. The van der Waals surface area contributed by atoms with E-state index in [9.17, 15) is 14.4 Å². The maximum absolute atomic E-state index is 11.9. The fraction of sp³-hybridized carbons (Fsp3) is 0.500. The van der Waals surface area contributed by atoms with Crippen molar-refractivity contribution >= 4 is 12.0 Å². The molecule has 0 aliphatic carbocycles. The Morgan fingerprint density at radius 3 is 2.86 bits per heavy atom. The van der Waals surface area contributed by atoms with Crippen LogP contribution in [0.2, 0.25) is 0 Å². The van der Waals surface area contributed by atoms with Crippen LogP contribution in [0.5, 0.6) is 0 Å². The Labute approximate surface area is 126 Å². The van der Waals surface area contributed by atoms with E-state index in [1.54, 1.807) is 0 Å². The number of carbonyl (C=O) groups excluding carboxylic acids is 1. The molecule has 1 N–H and O–H groups in total. The molecule has 120 valence electrons. The first kappa shape index (κ1) is 16.2. The molecule has 2 rings (SSSR count). The van der Waals surface area contributed by atoms with Crippen LogP contribution < -0.4 is 16.7 Å². The first-order valence-electron chi connectivity index (χ1n) is 7.01. The number of nitrogens with zero attached hydrogens (tertiary/aromatic N) is 2. The van der Waals surface area contributed by atoms with Crippen molar-refractivity contribution in [3.63, 3.8) is 0 Å². The fourth-order valence-corrected chi connectivity index (χ4v) is 2.08. The number of nitrogens with one attached hydrogen (secondary N) is 1. The number of amides is 1. The first-order chi connectivity index (χ1) is 10.5. The van der Waals surface area contributed by atoms with Crippen LogP contribution in [0.15, 0.2) is 21.9 Å². The van der Waals surface area contributed by atoms with Gasteiger partial charge in [0.2, 0.25) is 0 Å². The molecule has 1 aromatic heterocycles. The summed E-state index contributed by atoms with van der Waals surface area (Å²) in [4.78, 5) is 40.2. The van der Waals surface area contributed by atoms with Gasteiger partial charge in [0.05, 0.1) is 5.56 Å². The highest BCUT2D eigenvalue weighted by molar-refractivity contribution is 5.90. The minimum Gasteiger partial charge on any atom is -0.350 e. The Balaban J connectivity index is 1.98. The molecule has 2 heterocycles. The van der Waals surface area contributed by atoms with Crippen LogP contribution in [0, 0.1) is 0 Å². The smallest absolute Gasteiger partial charge is 0.330 e. The van der Waals surface area contributed by atoms with Crippen LogP contribution in [0.25, 0.3) is 6.08 Å². The van der Waals surface area contributed by atoms with Crippen molar-refractivity contribution in [1.82, 2.24) is 14.6 Å². The van der Waals surface area contributed by atoms with Crippen molar-refractivity contribution in [3.8, 4) is 0 Å². The Morgan fingerprint density at radius 2 is 2.18 bits per heavy atom. The van der Waals surface area contributed by atoms with Gasteiger partial charge >= 0.3 is 5.69 Å². The predicted octanol–water partition coefficient (Wildman–Crippen LogP) is -0.328. The Morgan fingerprint density at radius 1 is 1.41 bits per heavy atom. The second-order valence-corrected chi connectivity index (χ2v) is 5.06. The zero-order valence-electron chi connectivity index (χ0n) is 12.6. The largest absolute Gasteiger partial charge is 0.350 e. The summed E-state index contributed by atoms with van der Waals surface area (Å²) in [6.07, 6.45) is 6.15. The maximum atomic E-state index is 11.9. The summed E-state index contributed by atoms with van der Waals surface area (Å²) >= 11 is 0. The van der Waals surface area contributed by atoms with E-state index in [1.807, 2.05) is 0 Å². The minimum atomic E-state index is -0.509. The van der Waals surface area contributed by atoms with Gasteiger partial charge in [-0.05, 0) is 18.9 Å². The third-order valence-corrected chi connectivity index (χ3v) is 3.32. The molecule has 0 saturated carbocycles. The molecule has 1 unspecified atom stereocenters. The highest BCUT2D eigenvalue weighted by atomic mass is 16.8. The van der Waals surface area contributed by atoms with Gasteiger partial charge < -0.3 is 9.30 Å². The van der Waals surface area contributed by atoms with E-state index < -0.39 is 23.4 Å². The summed E-state index contributed by atoms with van der Waals surface area (Å²) in [6, 6.07) is 0. The molecule has 0 bridgehead atoms. The first-order valence-corrected chi connectivity index (χ1v) is 7.01. The molecule has 1 atom stereocenters. The number of carbonyl (C=O) groups is 1. The lowest BCUT2D eigenvalue weighted by Crippen LogP contribution is -2.37. The molecule has 1 aromatic rings. The van der Waals surface area contributed by atoms with E-state index in [4.69, 9.17) is 9.57 Å². The van der Waals surface area contributed by atoms with E-state index in [0.717, 1.165) is 23.8 Å². The highest BCUT2D eigenvalue weighted by Crippen LogP contribution is 2.12. The number of aryl methyl sites for hydroxylation is 1. The summed E-state index contributed by atoms with van der Waals surface area (Å²) in [5.74, 6) is -0.509. The molecule has 1 amide bonds. The van der Waals surface area contributed by atoms with Gasteiger partial charge in [-0.1, -0.05) is 0 Å². The summed E-state index contributed by atoms with van der Waals surface area (Å²) in [7, 11) is 2.91. The van der Waals surface area contributed by atoms with E-state index >= 15 is 0 Å². The van der Waals surface area contributed by atoms with Gasteiger partial charge in [0.15, 0.2) is 6.29 Å². The molecule has 0 aromatic carbocycles. The second-order valence-electron chi connectivity index (χ2n) is 5.06. The number of hydroxylamine groups is 1. The third kappa shape index (κ3) is 3.92. The summed E-state index contributed by atoms with van der Waals surface area (Å²) in [6.45, 7) is 0.616. The van der Waals surface area contributed by atoms with Crippen molar-refractivity contribution in [2.75, 3.05) is 6.61 Å². The second kappa shape index (κ2) is 7.19. The van der Waals surface area contributed by atoms with Crippen LogP contribution in [0.3, 0.4) is 0 Å². The van der Waals surface area contributed by atoms with Gasteiger partial charge in [-0.15, -0.1) is 0 Å². The van der Waals surface area contributed by atoms with Crippen molar-refractivity contribution < 1.29 is 14.4 Å². The van der Waals surface area contributed by atoms with E-state index in [0.29, 0.717) is 6.61 Å². The molecule has 1 aliphatic heterocycles. The summed E-state index contributed by atoms with van der Waals surface area (Å²) in [5.41, 5.74) is 1.59. The molecular weight excluding hydrogens is 290 g/mol.